The molecular formula is C14H22O4. The normalized spacial score (nSPS) is 14.4. The van der Waals surface area contributed by atoms with Crippen LogP contribution in [-0.4, -0.2) is 23.4 Å². The largest absolute Gasteiger partial charge is 0.504 e. The fourth-order valence-corrected chi connectivity index (χ4v) is 2.07. The van der Waals surface area contributed by atoms with E-state index in [0.717, 1.165) is 5.56 Å². The molecule has 0 saturated heterocycles. The number of hydrogen-bond donors (Lipinski definition) is 2. The third-order valence-electron chi connectivity index (χ3n) is 2.91. The minimum atomic E-state index is -0.292. The Balaban J connectivity index is 3.20. The Kier molecular flexibility index (Phi) is 5.44. The molecule has 0 aliphatic rings. The van der Waals surface area contributed by atoms with Crippen molar-refractivity contribution in [3.05, 3.63) is 23.3 Å². The highest BCUT2D eigenvalue weighted by atomic mass is 16.5. The van der Waals surface area contributed by atoms with E-state index in [9.17, 15) is 10.2 Å². The quantitative estimate of drug-likeness (QED) is 0.765. The van der Waals surface area contributed by atoms with Crippen molar-refractivity contribution in [2.24, 2.45) is 0 Å². The second-order valence-corrected chi connectivity index (χ2v) is 4.13. The number of hydrogen-bond acceptors (Lipinski definition) is 4. The summed E-state index contributed by atoms with van der Waals surface area (Å²) >= 11 is 0. The van der Waals surface area contributed by atoms with Crippen LogP contribution in [-0.2, 0) is 9.47 Å². The molecule has 1 aromatic carbocycles. The lowest BCUT2D eigenvalue weighted by molar-refractivity contribution is 0.0579. The van der Waals surface area contributed by atoms with Gasteiger partial charge >= 0.3 is 0 Å². The molecule has 2 N–H and O–H groups in total. The first-order valence-corrected chi connectivity index (χ1v) is 6.30. The highest BCUT2D eigenvalue weighted by Gasteiger charge is 2.21. The molecule has 0 radical (unpaired) electrons. The Morgan fingerprint density at radius 2 is 1.56 bits per heavy atom. The van der Waals surface area contributed by atoms with Crippen LogP contribution in [0.25, 0.3) is 0 Å². The van der Waals surface area contributed by atoms with Crippen LogP contribution in [0.4, 0.5) is 0 Å². The lowest BCUT2D eigenvalue weighted by atomic mass is 9.97. The molecule has 0 bridgehead atoms. The van der Waals surface area contributed by atoms with E-state index in [0.29, 0.717) is 18.8 Å². The fraction of sp³-hybridized carbons (Fsp3) is 0.571. The monoisotopic (exact) mass is 254 g/mol. The number of phenols is 2. The van der Waals surface area contributed by atoms with Crippen LogP contribution in [0, 0.1) is 0 Å². The summed E-state index contributed by atoms with van der Waals surface area (Å²) in [6, 6.07) is 3.24. The zero-order chi connectivity index (χ0) is 13.7. The van der Waals surface area contributed by atoms with Gasteiger partial charge < -0.3 is 19.7 Å². The molecule has 18 heavy (non-hydrogen) atoms. The summed E-state index contributed by atoms with van der Waals surface area (Å²) in [5, 5.41) is 19.6. The van der Waals surface area contributed by atoms with Crippen LogP contribution in [0.5, 0.6) is 11.5 Å². The second-order valence-electron chi connectivity index (χ2n) is 4.13. The summed E-state index contributed by atoms with van der Waals surface area (Å²) in [7, 11) is 0. The van der Waals surface area contributed by atoms with Crippen molar-refractivity contribution in [1.82, 2.24) is 0 Å². The van der Waals surface area contributed by atoms with E-state index in [1.807, 2.05) is 27.7 Å². The Morgan fingerprint density at radius 1 is 1.00 bits per heavy atom. The van der Waals surface area contributed by atoms with Crippen LogP contribution in [0.2, 0.25) is 0 Å². The fourth-order valence-electron chi connectivity index (χ4n) is 2.07. The molecule has 0 saturated carbocycles. The number of ether oxygens (including phenoxy) is 2. The van der Waals surface area contributed by atoms with Gasteiger partial charge in [-0.25, -0.2) is 0 Å². The third kappa shape index (κ3) is 3.15. The summed E-state index contributed by atoms with van der Waals surface area (Å²) < 4.78 is 11.0. The van der Waals surface area contributed by atoms with Crippen molar-refractivity contribution in [1.29, 1.82) is 0 Å². The van der Waals surface area contributed by atoms with Gasteiger partial charge in [-0.1, -0.05) is 6.07 Å². The van der Waals surface area contributed by atoms with Gasteiger partial charge in [0.1, 0.15) is 0 Å². The lowest BCUT2D eigenvalue weighted by Crippen LogP contribution is -2.08. The minimum absolute atomic E-state index is 0.125. The van der Waals surface area contributed by atoms with E-state index in [2.05, 4.69) is 0 Å². The van der Waals surface area contributed by atoms with E-state index in [4.69, 9.17) is 9.47 Å². The zero-order valence-corrected chi connectivity index (χ0v) is 11.4. The summed E-state index contributed by atoms with van der Waals surface area (Å²) in [4.78, 5) is 0. The predicted octanol–water partition coefficient (Wildman–Crippen LogP) is 3.29. The minimum Gasteiger partial charge on any atom is -0.504 e. The maximum atomic E-state index is 10.0. The van der Waals surface area contributed by atoms with Crippen molar-refractivity contribution < 1.29 is 19.7 Å². The van der Waals surface area contributed by atoms with E-state index < -0.39 is 0 Å². The van der Waals surface area contributed by atoms with Crippen molar-refractivity contribution >= 4 is 0 Å². The summed E-state index contributed by atoms with van der Waals surface area (Å²) in [5.74, 6) is -0.260. The maximum absolute atomic E-state index is 10.0. The van der Waals surface area contributed by atoms with Crippen LogP contribution < -0.4 is 0 Å². The van der Waals surface area contributed by atoms with Crippen LogP contribution >= 0.6 is 0 Å². The van der Waals surface area contributed by atoms with Crippen molar-refractivity contribution in [3.8, 4) is 11.5 Å². The van der Waals surface area contributed by atoms with Crippen LogP contribution in [0.1, 0.15) is 51.0 Å². The smallest absolute Gasteiger partial charge is 0.163 e. The van der Waals surface area contributed by atoms with Gasteiger partial charge in [0.15, 0.2) is 11.5 Å². The number of aromatic hydroxyl groups is 2. The van der Waals surface area contributed by atoms with Gasteiger partial charge in [-0.15, -0.1) is 0 Å². The number of phenolic OH excluding ortho intramolecular Hbond substituents is 2. The molecule has 2 atom stereocenters. The highest BCUT2D eigenvalue weighted by molar-refractivity contribution is 5.50. The standard InChI is InChI=1S/C14H22O4/c1-5-17-9(3)11-7-8-12(15)14(16)13(11)10(4)18-6-2/h7-10,15-16H,5-6H2,1-4H3. The van der Waals surface area contributed by atoms with Gasteiger partial charge in [0.05, 0.1) is 12.2 Å². The highest BCUT2D eigenvalue weighted by Crippen LogP contribution is 2.40. The molecule has 0 spiro atoms. The van der Waals surface area contributed by atoms with E-state index in [1.54, 1.807) is 6.07 Å². The third-order valence-corrected chi connectivity index (χ3v) is 2.91. The Labute approximate surface area is 108 Å². The summed E-state index contributed by atoms with van der Waals surface area (Å²) in [6.07, 6.45) is -0.445. The lowest BCUT2D eigenvalue weighted by Gasteiger charge is -2.22. The second kappa shape index (κ2) is 6.61. The first kappa shape index (κ1) is 14.8. The molecule has 0 amide bonds. The molecular weight excluding hydrogens is 232 g/mol. The first-order valence-electron chi connectivity index (χ1n) is 6.30. The van der Waals surface area contributed by atoms with Gasteiger partial charge in [-0.3, -0.25) is 0 Å². The van der Waals surface area contributed by atoms with Gasteiger partial charge in [0.2, 0.25) is 0 Å². The van der Waals surface area contributed by atoms with E-state index >= 15 is 0 Å². The van der Waals surface area contributed by atoms with Crippen molar-refractivity contribution in [3.63, 3.8) is 0 Å². The molecule has 4 nitrogen and oxygen atoms in total. The van der Waals surface area contributed by atoms with Crippen molar-refractivity contribution in [2.45, 2.75) is 39.9 Å². The SMILES string of the molecule is CCOC(C)c1ccc(O)c(O)c1C(C)OCC. The molecule has 0 aliphatic carbocycles. The number of rotatable bonds is 6. The molecule has 0 fully saturated rings. The molecule has 102 valence electrons. The summed E-state index contributed by atoms with van der Waals surface area (Å²) in [5.41, 5.74) is 1.44. The average Bonchev–Trinajstić information content (AvgIpc) is 2.32. The molecule has 2 unspecified atom stereocenters. The first-order chi connectivity index (χ1) is 8.52. The molecule has 1 aromatic rings. The predicted molar refractivity (Wildman–Crippen MR) is 69.9 cm³/mol. The van der Waals surface area contributed by atoms with Gasteiger partial charge in [0.25, 0.3) is 0 Å². The number of benzene rings is 1. The van der Waals surface area contributed by atoms with E-state index in [-0.39, 0.29) is 23.7 Å². The van der Waals surface area contributed by atoms with Crippen LogP contribution in [0.15, 0.2) is 12.1 Å². The topological polar surface area (TPSA) is 58.9 Å². The van der Waals surface area contributed by atoms with Gasteiger partial charge in [0, 0.05) is 18.8 Å². The Bertz CT molecular complexity index is 390. The Morgan fingerprint density at radius 3 is 2.11 bits per heavy atom. The zero-order valence-electron chi connectivity index (χ0n) is 11.4. The van der Waals surface area contributed by atoms with Gasteiger partial charge in [-0.05, 0) is 39.3 Å². The molecule has 1 rings (SSSR count). The molecule has 0 heterocycles. The maximum Gasteiger partial charge on any atom is 0.163 e. The van der Waals surface area contributed by atoms with Crippen LogP contribution in [0.3, 0.4) is 0 Å². The summed E-state index contributed by atoms with van der Waals surface area (Å²) in [6.45, 7) is 8.70. The molecule has 0 aliphatic heterocycles. The van der Waals surface area contributed by atoms with Gasteiger partial charge in [-0.2, -0.15) is 0 Å². The molecule has 4 heteroatoms. The van der Waals surface area contributed by atoms with E-state index in [1.165, 1.54) is 6.07 Å². The van der Waals surface area contributed by atoms with Crippen molar-refractivity contribution in [2.75, 3.05) is 13.2 Å². The average molecular weight is 254 g/mol. The molecule has 0 aromatic heterocycles. The Hall–Kier alpha value is -1.26.